The molecule has 1 N–H and O–H groups in total. The van der Waals surface area contributed by atoms with E-state index < -0.39 is 0 Å². The molecule has 0 unspecified atom stereocenters. The molecule has 30 heavy (non-hydrogen) atoms. The van der Waals surface area contributed by atoms with Crippen LogP contribution in [0.5, 0.6) is 5.75 Å². The number of rotatable bonds is 1. The highest BCUT2D eigenvalue weighted by molar-refractivity contribution is 6.33. The lowest BCUT2D eigenvalue weighted by Crippen LogP contribution is -2.20. The van der Waals surface area contributed by atoms with Crippen molar-refractivity contribution in [2.75, 3.05) is 0 Å². The van der Waals surface area contributed by atoms with Crippen molar-refractivity contribution in [3.05, 3.63) is 101 Å². The molecule has 0 spiro atoms. The van der Waals surface area contributed by atoms with Gasteiger partial charge in [0.05, 0.1) is 28.1 Å². The number of hydrogen-bond acceptors (Lipinski definition) is 3. The highest BCUT2D eigenvalue weighted by Gasteiger charge is 2.41. The van der Waals surface area contributed by atoms with Gasteiger partial charge in [-0.25, -0.2) is 0 Å². The quantitative estimate of drug-likeness (QED) is 0.444. The molecule has 144 valence electrons. The van der Waals surface area contributed by atoms with E-state index in [0.717, 1.165) is 28.9 Å². The predicted molar refractivity (Wildman–Crippen MR) is 114 cm³/mol. The zero-order valence-corrected chi connectivity index (χ0v) is 16.1. The molecule has 0 bridgehead atoms. The summed E-state index contributed by atoms with van der Waals surface area (Å²) in [6, 6.07) is 22.5. The molecule has 0 radical (unpaired) electrons. The van der Waals surface area contributed by atoms with Crippen LogP contribution in [0.25, 0.3) is 22.5 Å². The summed E-state index contributed by atoms with van der Waals surface area (Å²) in [7, 11) is 0. The number of benzene rings is 3. The van der Waals surface area contributed by atoms with Crippen molar-refractivity contribution in [3.63, 3.8) is 0 Å². The van der Waals surface area contributed by atoms with Gasteiger partial charge in [-0.15, -0.1) is 0 Å². The van der Waals surface area contributed by atoms with E-state index in [1.165, 1.54) is 11.6 Å². The van der Waals surface area contributed by atoms with Crippen molar-refractivity contribution in [1.29, 1.82) is 0 Å². The van der Waals surface area contributed by atoms with E-state index in [4.69, 9.17) is 0 Å². The molecule has 4 nitrogen and oxygen atoms in total. The van der Waals surface area contributed by atoms with E-state index >= 15 is 0 Å². The molecule has 1 aliphatic carbocycles. The topological polar surface area (TPSA) is 59.3 Å². The Kier molecular flexibility index (Phi) is 3.42. The fraction of sp³-hybridized carbons (Fsp3) is 0.0769. The molecule has 2 aliphatic rings. The SMILES string of the molecule is O=C1c2c(O)cccc2C(=O)c2c1c(-c1ccccc1)n1c2-c2ccccc2CC1. The van der Waals surface area contributed by atoms with Gasteiger partial charge in [0.25, 0.3) is 0 Å². The minimum absolute atomic E-state index is 0.100. The van der Waals surface area contributed by atoms with Crippen LogP contribution in [0, 0.1) is 0 Å². The number of aromatic nitrogens is 1. The predicted octanol–water partition coefficient (Wildman–Crippen LogP) is 4.86. The van der Waals surface area contributed by atoms with Gasteiger partial charge in [0.2, 0.25) is 0 Å². The summed E-state index contributed by atoms with van der Waals surface area (Å²) in [5.74, 6) is -0.658. The summed E-state index contributed by atoms with van der Waals surface area (Å²) >= 11 is 0. The lowest BCUT2D eigenvalue weighted by molar-refractivity contribution is 0.0978. The Morgan fingerprint density at radius 1 is 0.667 bits per heavy atom. The first kappa shape index (κ1) is 17.0. The number of fused-ring (bicyclic) bond motifs is 6. The average Bonchev–Trinajstić information content (AvgIpc) is 3.14. The van der Waals surface area contributed by atoms with Crippen LogP contribution in [0.15, 0.2) is 72.8 Å². The monoisotopic (exact) mass is 391 g/mol. The van der Waals surface area contributed by atoms with E-state index in [0.29, 0.717) is 17.7 Å². The Bertz CT molecular complexity index is 1380. The van der Waals surface area contributed by atoms with E-state index in [-0.39, 0.29) is 28.4 Å². The Morgan fingerprint density at radius 3 is 2.20 bits per heavy atom. The van der Waals surface area contributed by atoms with Gasteiger partial charge in [-0.05, 0) is 23.6 Å². The highest BCUT2D eigenvalue weighted by Crippen LogP contribution is 2.46. The third-order valence-corrected chi connectivity index (χ3v) is 6.16. The molecule has 0 saturated heterocycles. The number of ketones is 2. The first-order valence-electron chi connectivity index (χ1n) is 9.98. The second-order valence-electron chi connectivity index (χ2n) is 7.73. The number of aromatic hydroxyl groups is 1. The molecule has 0 atom stereocenters. The van der Waals surface area contributed by atoms with Crippen molar-refractivity contribution < 1.29 is 14.7 Å². The normalized spacial score (nSPS) is 14.0. The third-order valence-electron chi connectivity index (χ3n) is 6.16. The molecule has 4 heteroatoms. The number of nitrogens with zero attached hydrogens (tertiary/aromatic N) is 1. The summed E-state index contributed by atoms with van der Waals surface area (Å²) < 4.78 is 2.11. The maximum atomic E-state index is 13.7. The van der Waals surface area contributed by atoms with Gasteiger partial charge in [-0.1, -0.05) is 66.7 Å². The van der Waals surface area contributed by atoms with Crippen molar-refractivity contribution in [2.24, 2.45) is 0 Å². The number of carbonyl (C=O) groups is 2. The molecular weight excluding hydrogens is 374 g/mol. The molecule has 3 aromatic carbocycles. The van der Waals surface area contributed by atoms with Gasteiger partial charge in [0.15, 0.2) is 11.6 Å². The molecule has 6 rings (SSSR count). The van der Waals surface area contributed by atoms with E-state index in [1.54, 1.807) is 12.1 Å². The molecule has 0 amide bonds. The zero-order valence-electron chi connectivity index (χ0n) is 16.1. The van der Waals surface area contributed by atoms with Crippen LogP contribution < -0.4 is 0 Å². The van der Waals surface area contributed by atoms with Crippen molar-refractivity contribution in [1.82, 2.24) is 4.57 Å². The van der Waals surface area contributed by atoms with Gasteiger partial charge in [-0.3, -0.25) is 9.59 Å². The number of aryl methyl sites for hydroxylation is 1. The first-order chi connectivity index (χ1) is 14.7. The van der Waals surface area contributed by atoms with Gasteiger partial charge in [0.1, 0.15) is 5.75 Å². The Labute approximate surface area is 173 Å². The van der Waals surface area contributed by atoms with E-state index in [2.05, 4.69) is 10.6 Å². The number of hydrogen-bond donors (Lipinski definition) is 1. The maximum Gasteiger partial charge on any atom is 0.200 e. The summed E-state index contributed by atoms with van der Waals surface area (Å²) in [6.45, 7) is 0.687. The number of phenols is 1. The average molecular weight is 391 g/mol. The second kappa shape index (κ2) is 6.04. The van der Waals surface area contributed by atoms with Crippen LogP contribution in [0.3, 0.4) is 0 Å². The minimum atomic E-state index is -0.295. The molecule has 1 aromatic heterocycles. The fourth-order valence-electron chi connectivity index (χ4n) is 4.89. The molecule has 0 saturated carbocycles. The fourth-order valence-corrected chi connectivity index (χ4v) is 4.89. The van der Waals surface area contributed by atoms with E-state index in [9.17, 15) is 14.7 Å². The molecule has 4 aromatic rings. The van der Waals surface area contributed by atoms with Gasteiger partial charge in [0, 0.05) is 17.7 Å². The summed E-state index contributed by atoms with van der Waals surface area (Å²) in [5, 5.41) is 10.4. The molecule has 2 heterocycles. The molecule has 0 fully saturated rings. The van der Waals surface area contributed by atoms with Gasteiger partial charge in [-0.2, -0.15) is 0 Å². The lowest BCUT2D eigenvalue weighted by Gasteiger charge is -2.22. The van der Waals surface area contributed by atoms with Crippen LogP contribution in [-0.4, -0.2) is 21.2 Å². The molecular formula is C26H17NO3. The second-order valence-corrected chi connectivity index (χ2v) is 7.73. The highest BCUT2D eigenvalue weighted by atomic mass is 16.3. The standard InChI is InChI=1S/C26H17NO3/c28-19-12-6-11-18-20(19)26(30)21-22(25(18)29)24-17-10-5-4-7-15(17)13-14-27(24)23(21)16-8-2-1-3-9-16/h1-12,28H,13-14H2. The molecule has 1 aliphatic heterocycles. The van der Waals surface area contributed by atoms with Crippen LogP contribution in [0.2, 0.25) is 0 Å². The Balaban J connectivity index is 1.77. The lowest BCUT2D eigenvalue weighted by atomic mass is 9.82. The van der Waals surface area contributed by atoms with Crippen molar-refractivity contribution in [2.45, 2.75) is 13.0 Å². The van der Waals surface area contributed by atoms with Crippen molar-refractivity contribution in [3.8, 4) is 28.3 Å². The number of phenolic OH excluding ortho intramolecular Hbond substituents is 1. The zero-order chi connectivity index (χ0) is 20.4. The van der Waals surface area contributed by atoms with Crippen molar-refractivity contribution >= 4 is 11.6 Å². The van der Waals surface area contributed by atoms with Crippen LogP contribution in [0.1, 0.15) is 37.4 Å². The Morgan fingerprint density at radius 2 is 1.37 bits per heavy atom. The summed E-state index contributed by atoms with van der Waals surface area (Å²) in [6.07, 6.45) is 0.831. The third kappa shape index (κ3) is 2.10. The smallest absolute Gasteiger partial charge is 0.200 e. The first-order valence-corrected chi connectivity index (χ1v) is 9.98. The largest absolute Gasteiger partial charge is 0.507 e. The maximum absolute atomic E-state index is 13.7. The van der Waals surface area contributed by atoms with E-state index in [1.807, 2.05) is 48.5 Å². The van der Waals surface area contributed by atoms with Gasteiger partial charge >= 0.3 is 0 Å². The summed E-state index contributed by atoms with van der Waals surface area (Å²) in [5.41, 5.74) is 5.82. The summed E-state index contributed by atoms with van der Waals surface area (Å²) in [4.78, 5) is 27.3. The van der Waals surface area contributed by atoms with Gasteiger partial charge < -0.3 is 9.67 Å². The van der Waals surface area contributed by atoms with Crippen LogP contribution >= 0.6 is 0 Å². The number of carbonyl (C=O) groups excluding carboxylic acids is 2. The minimum Gasteiger partial charge on any atom is -0.507 e. The van der Waals surface area contributed by atoms with Crippen LogP contribution in [0.4, 0.5) is 0 Å². The van der Waals surface area contributed by atoms with Crippen LogP contribution in [-0.2, 0) is 13.0 Å². The Hall–Kier alpha value is -3.92.